The summed E-state index contributed by atoms with van der Waals surface area (Å²) < 4.78 is 10.2. The van der Waals surface area contributed by atoms with E-state index in [1.165, 1.54) is 116 Å². The number of aliphatic hydroxyl groups excluding tert-OH is 5. The molecular weight excluding hydrogens is 500 g/mol. The normalized spacial score (nSPS) is 11.3. The van der Waals surface area contributed by atoms with Crippen LogP contribution in [0.15, 0.2) is 0 Å². The lowest BCUT2D eigenvalue weighted by Crippen LogP contribution is -2.21. The molecule has 0 aliphatic carbocycles. The first-order valence-electron chi connectivity index (χ1n) is 15.8. The molecule has 8 nitrogen and oxygen atoms in total. The third-order valence-electron chi connectivity index (χ3n) is 6.24. The topological polar surface area (TPSA) is 151 Å². The molecule has 0 radical (unpaired) electrons. The standard InChI is InChI=1S/C16H34O3.C12H26O.C3H8O3.H2O/c1-3-4-5-6-7-8-9-10-11-12-13-19-15-16(17)14-18-2;1-2-3-4-5-6-7-8-9-10-11-12-13;4-1-3(6)2-5;/h16-17H,3-15H2,1-2H3;13H,2-12H2,1H3;3-6H,1-2H2;1H2. The maximum absolute atomic E-state index is 9.36. The van der Waals surface area contributed by atoms with Crippen molar-refractivity contribution >= 4 is 0 Å². The number of unbranched alkanes of at least 4 members (excludes halogenated alkanes) is 18. The van der Waals surface area contributed by atoms with Crippen LogP contribution in [-0.2, 0) is 9.47 Å². The molecule has 0 spiro atoms. The molecule has 0 saturated heterocycles. The van der Waals surface area contributed by atoms with Gasteiger partial charge >= 0.3 is 0 Å². The smallest absolute Gasteiger partial charge is 0.101 e. The Hall–Kier alpha value is -0.320. The molecule has 39 heavy (non-hydrogen) atoms. The van der Waals surface area contributed by atoms with E-state index in [9.17, 15) is 5.11 Å². The molecule has 0 aromatic rings. The monoisotopic (exact) mass is 571 g/mol. The molecule has 0 aliphatic heterocycles. The minimum absolute atomic E-state index is 0. The van der Waals surface area contributed by atoms with E-state index in [4.69, 9.17) is 29.9 Å². The fraction of sp³-hybridized carbons (Fsp3) is 1.00. The number of hydrogen-bond acceptors (Lipinski definition) is 7. The Balaban J connectivity index is -0.000000265. The number of aliphatic hydroxyl groups is 5. The van der Waals surface area contributed by atoms with Crippen LogP contribution in [0.2, 0.25) is 0 Å². The first-order chi connectivity index (χ1) is 18.5. The van der Waals surface area contributed by atoms with Crippen LogP contribution >= 0.6 is 0 Å². The SMILES string of the molecule is CCCCCCCCCCCCO.CCCCCCCCCCCCOCC(O)COC.O.OCC(O)CO. The Bertz CT molecular complexity index is 360. The van der Waals surface area contributed by atoms with Gasteiger partial charge in [-0.2, -0.15) is 0 Å². The minimum Gasteiger partial charge on any atom is -0.412 e. The van der Waals surface area contributed by atoms with E-state index in [-0.39, 0.29) is 18.7 Å². The summed E-state index contributed by atoms with van der Waals surface area (Å²) in [6.45, 7) is 5.68. The Morgan fingerprint density at radius 3 is 1.15 bits per heavy atom. The van der Waals surface area contributed by atoms with Crippen molar-refractivity contribution < 1.29 is 40.5 Å². The Morgan fingerprint density at radius 1 is 0.487 bits per heavy atom. The molecular formula is C31H70O8. The van der Waals surface area contributed by atoms with Crippen molar-refractivity contribution in [2.45, 2.75) is 154 Å². The van der Waals surface area contributed by atoms with Crippen LogP contribution in [0, 0.1) is 0 Å². The van der Waals surface area contributed by atoms with Crippen molar-refractivity contribution in [3.63, 3.8) is 0 Å². The fourth-order valence-electron chi connectivity index (χ4n) is 3.81. The summed E-state index contributed by atoms with van der Waals surface area (Å²) in [5, 5.41) is 41.9. The van der Waals surface area contributed by atoms with E-state index in [0.717, 1.165) is 19.4 Å². The highest BCUT2D eigenvalue weighted by Crippen LogP contribution is 2.11. The average Bonchev–Trinajstić information content (AvgIpc) is 2.93. The van der Waals surface area contributed by atoms with E-state index in [0.29, 0.717) is 19.8 Å². The molecule has 0 rings (SSSR count). The zero-order valence-corrected chi connectivity index (χ0v) is 26.1. The van der Waals surface area contributed by atoms with Crippen molar-refractivity contribution in [1.82, 2.24) is 0 Å². The summed E-state index contributed by atoms with van der Waals surface area (Å²) in [4.78, 5) is 0. The van der Waals surface area contributed by atoms with Gasteiger partial charge in [-0.05, 0) is 12.8 Å². The van der Waals surface area contributed by atoms with Gasteiger partial charge in [0.25, 0.3) is 0 Å². The second kappa shape index (κ2) is 44.7. The van der Waals surface area contributed by atoms with E-state index in [2.05, 4.69) is 13.8 Å². The molecule has 0 aromatic carbocycles. The predicted molar refractivity (Wildman–Crippen MR) is 163 cm³/mol. The molecule has 0 heterocycles. The predicted octanol–water partition coefficient (Wildman–Crippen LogP) is 5.34. The van der Waals surface area contributed by atoms with Gasteiger partial charge in [0.05, 0.1) is 26.4 Å². The highest BCUT2D eigenvalue weighted by molar-refractivity contribution is 4.51. The van der Waals surface area contributed by atoms with Crippen molar-refractivity contribution in [2.24, 2.45) is 0 Å². The van der Waals surface area contributed by atoms with Crippen LogP contribution in [0.5, 0.6) is 0 Å². The number of methoxy groups -OCH3 is 1. The van der Waals surface area contributed by atoms with Crippen molar-refractivity contribution in [1.29, 1.82) is 0 Å². The highest BCUT2D eigenvalue weighted by Gasteiger charge is 2.02. The summed E-state index contributed by atoms with van der Waals surface area (Å²) in [5.74, 6) is 0. The largest absolute Gasteiger partial charge is 0.412 e. The van der Waals surface area contributed by atoms with Crippen LogP contribution in [0.4, 0.5) is 0 Å². The summed E-state index contributed by atoms with van der Waals surface area (Å²) >= 11 is 0. The van der Waals surface area contributed by atoms with Gasteiger partial charge in [0.15, 0.2) is 0 Å². The summed E-state index contributed by atoms with van der Waals surface area (Å²) in [6.07, 6.45) is 25.2. The van der Waals surface area contributed by atoms with Gasteiger partial charge in [0, 0.05) is 20.3 Å². The van der Waals surface area contributed by atoms with Crippen molar-refractivity contribution in [3.8, 4) is 0 Å². The average molecular weight is 571 g/mol. The molecule has 1 unspecified atom stereocenters. The van der Waals surface area contributed by atoms with Crippen LogP contribution in [-0.4, -0.2) is 90.0 Å². The third-order valence-corrected chi connectivity index (χ3v) is 6.24. The number of hydrogen-bond donors (Lipinski definition) is 5. The van der Waals surface area contributed by atoms with Crippen molar-refractivity contribution in [2.75, 3.05) is 46.8 Å². The van der Waals surface area contributed by atoms with E-state index < -0.39 is 12.2 Å². The first kappa shape index (κ1) is 45.7. The summed E-state index contributed by atoms with van der Waals surface area (Å²) in [7, 11) is 1.59. The van der Waals surface area contributed by atoms with E-state index >= 15 is 0 Å². The van der Waals surface area contributed by atoms with Gasteiger partial charge < -0.3 is 40.5 Å². The zero-order valence-electron chi connectivity index (χ0n) is 26.1. The minimum atomic E-state index is -0.954. The van der Waals surface area contributed by atoms with Gasteiger partial charge in [0.1, 0.15) is 12.2 Å². The Kier molecular flexibility index (Phi) is 52.3. The second-order valence-electron chi connectivity index (χ2n) is 10.3. The summed E-state index contributed by atoms with van der Waals surface area (Å²) in [5.41, 5.74) is 0. The lowest BCUT2D eigenvalue weighted by Gasteiger charge is -2.09. The van der Waals surface area contributed by atoms with Crippen LogP contribution < -0.4 is 0 Å². The molecule has 0 aliphatic rings. The number of ether oxygens (including phenoxy) is 2. The lowest BCUT2D eigenvalue weighted by molar-refractivity contribution is -0.00684. The first-order valence-corrected chi connectivity index (χ1v) is 15.8. The fourth-order valence-corrected chi connectivity index (χ4v) is 3.81. The van der Waals surface area contributed by atoms with Crippen LogP contribution in [0.1, 0.15) is 142 Å². The molecule has 8 heteroatoms. The molecule has 0 amide bonds. The van der Waals surface area contributed by atoms with Gasteiger partial charge in [-0.25, -0.2) is 0 Å². The number of rotatable bonds is 27. The summed E-state index contributed by atoms with van der Waals surface area (Å²) in [6, 6.07) is 0. The highest BCUT2D eigenvalue weighted by atomic mass is 16.5. The molecule has 0 fully saturated rings. The van der Waals surface area contributed by atoms with Crippen LogP contribution in [0.3, 0.4) is 0 Å². The van der Waals surface area contributed by atoms with E-state index in [1.807, 2.05) is 0 Å². The molecule has 0 aromatic heterocycles. The maximum atomic E-state index is 9.36. The lowest BCUT2D eigenvalue weighted by atomic mass is 10.1. The Morgan fingerprint density at radius 2 is 0.846 bits per heavy atom. The van der Waals surface area contributed by atoms with Gasteiger partial charge in [0.2, 0.25) is 0 Å². The maximum Gasteiger partial charge on any atom is 0.101 e. The molecule has 0 saturated carbocycles. The molecule has 0 bridgehead atoms. The van der Waals surface area contributed by atoms with Crippen molar-refractivity contribution in [3.05, 3.63) is 0 Å². The van der Waals surface area contributed by atoms with Gasteiger partial charge in [-0.15, -0.1) is 0 Å². The molecule has 7 N–H and O–H groups in total. The van der Waals surface area contributed by atoms with Gasteiger partial charge in [-0.1, -0.05) is 129 Å². The second-order valence-corrected chi connectivity index (χ2v) is 10.3. The molecule has 1 atom stereocenters. The quantitative estimate of drug-likeness (QED) is 0.0836. The zero-order chi connectivity index (χ0) is 29.0. The van der Waals surface area contributed by atoms with E-state index in [1.54, 1.807) is 7.11 Å². The third kappa shape index (κ3) is 51.0. The van der Waals surface area contributed by atoms with Crippen LogP contribution in [0.25, 0.3) is 0 Å². The Labute approximate surface area is 241 Å². The molecule has 242 valence electrons. The van der Waals surface area contributed by atoms with Gasteiger partial charge in [-0.3, -0.25) is 0 Å².